The molecule has 4 heteroatoms. The third kappa shape index (κ3) is 2.63. The maximum Gasteiger partial charge on any atom is 0.123 e. The Morgan fingerprint density at radius 2 is 2.05 bits per heavy atom. The van der Waals surface area contributed by atoms with E-state index in [4.69, 9.17) is 11.6 Å². The molecule has 1 atom stereocenters. The summed E-state index contributed by atoms with van der Waals surface area (Å²) < 4.78 is 14.2. The second-order valence-corrected chi connectivity index (χ2v) is 6.03. The maximum atomic E-state index is 13.2. The van der Waals surface area contributed by atoms with Gasteiger partial charge in [-0.3, -0.25) is 0 Å². The van der Waals surface area contributed by atoms with Crippen LogP contribution in [0.3, 0.4) is 0 Å². The zero-order valence-electron chi connectivity index (χ0n) is 10.1. The van der Waals surface area contributed by atoms with Crippen molar-refractivity contribution in [1.82, 2.24) is 0 Å². The van der Waals surface area contributed by atoms with Crippen LogP contribution in [0.1, 0.15) is 23.6 Å². The third-order valence-corrected chi connectivity index (χ3v) is 4.26. The quantitative estimate of drug-likeness (QED) is 0.778. The van der Waals surface area contributed by atoms with Crippen LogP contribution >= 0.6 is 27.5 Å². The first-order valence-electron chi connectivity index (χ1n) is 6.13. The SMILES string of the molecule is Fc1ccc2c(c1)CCC2Nc1cc(Br)ccc1Cl. The van der Waals surface area contributed by atoms with Gasteiger partial charge in [-0.15, -0.1) is 0 Å². The summed E-state index contributed by atoms with van der Waals surface area (Å²) in [6.45, 7) is 0. The largest absolute Gasteiger partial charge is 0.377 e. The Balaban J connectivity index is 1.88. The maximum absolute atomic E-state index is 13.2. The minimum absolute atomic E-state index is 0.167. The lowest BCUT2D eigenvalue weighted by atomic mass is 10.1. The van der Waals surface area contributed by atoms with E-state index in [1.54, 1.807) is 6.07 Å². The van der Waals surface area contributed by atoms with Gasteiger partial charge in [-0.1, -0.05) is 33.6 Å². The first-order chi connectivity index (χ1) is 9.13. The molecule has 1 aliphatic carbocycles. The molecule has 1 aliphatic rings. The molecular formula is C15H12BrClFN. The van der Waals surface area contributed by atoms with E-state index in [-0.39, 0.29) is 11.9 Å². The second-order valence-electron chi connectivity index (χ2n) is 4.70. The molecular weight excluding hydrogens is 329 g/mol. The van der Waals surface area contributed by atoms with Crippen molar-refractivity contribution in [1.29, 1.82) is 0 Å². The van der Waals surface area contributed by atoms with Crippen LogP contribution in [0.5, 0.6) is 0 Å². The van der Waals surface area contributed by atoms with Crippen molar-refractivity contribution in [2.75, 3.05) is 5.32 Å². The van der Waals surface area contributed by atoms with E-state index in [0.717, 1.165) is 34.1 Å². The Morgan fingerprint density at radius 3 is 2.89 bits per heavy atom. The molecule has 0 saturated carbocycles. The van der Waals surface area contributed by atoms with E-state index in [1.807, 2.05) is 24.3 Å². The number of hydrogen-bond acceptors (Lipinski definition) is 1. The van der Waals surface area contributed by atoms with Crippen LogP contribution in [-0.4, -0.2) is 0 Å². The van der Waals surface area contributed by atoms with Gasteiger partial charge in [0.25, 0.3) is 0 Å². The van der Waals surface area contributed by atoms with Crippen LogP contribution in [-0.2, 0) is 6.42 Å². The number of anilines is 1. The molecule has 0 amide bonds. The standard InChI is InChI=1S/C15H12BrClFN/c16-10-2-5-13(17)15(8-10)19-14-6-1-9-7-11(18)3-4-12(9)14/h2-5,7-8,14,19H,1,6H2. The minimum Gasteiger partial charge on any atom is -0.377 e. The number of halogens is 3. The van der Waals surface area contributed by atoms with Crippen LogP contribution < -0.4 is 5.32 Å². The molecule has 0 aliphatic heterocycles. The molecule has 0 fully saturated rings. The van der Waals surface area contributed by atoms with E-state index in [9.17, 15) is 4.39 Å². The number of fused-ring (bicyclic) bond motifs is 1. The molecule has 98 valence electrons. The van der Waals surface area contributed by atoms with Crippen molar-refractivity contribution < 1.29 is 4.39 Å². The number of hydrogen-bond donors (Lipinski definition) is 1. The Hall–Kier alpha value is -1.06. The van der Waals surface area contributed by atoms with Crippen molar-refractivity contribution in [3.63, 3.8) is 0 Å². The summed E-state index contributed by atoms with van der Waals surface area (Å²) in [6, 6.07) is 10.9. The van der Waals surface area contributed by atoms with E-state index in [2.05, 4.69) is 21.2 Å². The monoisotopic (exact) mass is 339 g/mol. The Kier molecular flexibility index (Phi) is 3.50. The highest BCUT2D eigenvalue weighted by Gasteiger charge is 2.23. The summed E-state index contributed by atoms with van der Waals surface area (Å²) in [5.74, 6) is -0.167. The molecule has 3 rings (SSSR count). The lowest BCUT2D eigenvalue weighted by molar-refractivity contribution is 0.626. The summed E-state index contributed by atoms with van der Waals surface area (Å²) in [4.78, 5) is 0. The lowest BCUT2D eigenvalue weighted by Crippen LogP contribution is -2.07. The first kappa shape index (κ1) is 12.9. The first-order valence-corrected chi connectivity index (χ1v) is 7.30. The molecule has 0 saturated heterocycles. The molecule has 19 heavy (non-hydrogen) atoms. The molecule has 0 radical (unpaired) electrons. The van der Waals surface area contributed by atoms with Gasteiger partial charge in [-0.05, 0) is 54.3 Å². The van der Waals surface area contributed by atoms with Crippen LogP contribution in [0, 0.1) is 5.82 Å². The van der Waals surface area contributed by atoms with E-state index in [0.29, 0.717) is 5.02 Å². The minimum atomic E-state index is -0.167. The summed E-state index contributed by atoms with van der Waals surface area (Å²) >= 11 is 9.62. The van der Waals surface area contributed by atoms with Crippen LogP contribution in [0.2, 0.25) is 5.02 Å². The van der Waals surface area contributed by atoms with Crippen molar-refractivity contribution in [2.45, 2.75) is 18.9 Å². The van der Waals surface area contributed by atoms with Gasteiger partial charge in [-0.25, -0.2) is 4.39 Å². The van der Waals surface area contributed by atoms with E-state index >= 15 is 0 Å². The fourth-order valence-electron chi connectivity index (χ4n) is 2.53. The van der Waals surface area contributed by atoms with Gasteiger partial charge in [0.2, 0.25) is 0 Å². The van der Waals surface area contributed by atoms with Crippen molar-refractivity contribution >= 4 is 33.2 Å². The summed E-state index contributed by atoms with van der Waals surface area (Å²) in [6.07, 6.45) is 1.86. The molecule has 1 N–H and O–H groups in total. The van der Waals surface area contributed by atoms with E-state index < -0.39 is 0 Å². The average molecular weight is 341 g/mol. The molecule has 0 spiro atoms. The third-order valence-electron chi connectivity index (χ3n) is 3.44. The van der Waals surface area contributed by atoms with Gasteiger partial charge in [0, 0.05) is 4.47 Å². The number of nitrogens with one attached hydrogen (secondary N) is 1. The highest BCUT2D eigenvalue weighted by molar-refractivity contribution is 9.10. The molecule has 2 aromatic rings. The zero-order chi connectivity index (χ0) is 13.4. The van der Waals surface area contributed by atoms with Gasteiger partial charge in [0.1, 0.15) is 5.82 Å². The fourth-order valence-corrected chi connectivity index (χ4v) is 3.07. The molecule has 0 heterocycles. The van der Waals surface area contributed by atoms with Crippen LogP contribution in [0.15, 0.2) is 40.9 Å². The molecule has 2 aromatic carbocycles. The van der Waals surface area contributed by atoms with Crippen molar-refractivity contribution in [3.05, 3.63) is 62.8 Å². The summed E-state index contributed by atoms with van der Waals surface area (Å²) in [7, 11) is 0. The number of rotatable bonds is 2. The fraction of sp³-hybridized carbons (Fsp3) is 0.200. The number of benzene rings is 2. The molecule has 0 bridgehead atoms. The van der Waals surface area contributed by atoms with Crippen LogP contribution in [0.4, 0.5) is 10.1 Å². The topological polar surface area (TPSA) is 12.0 Å². The van der Waals surface area contributed by atoms with Gasteiger partial charge >= 0.3 is 0 Å². The predicted octanol–water partition coefficient (Wildman–Crippen LogP) is 5.34. The van der Waals surface area contributed by atoms with E-state index in [1.165, 1.54) is 6.07 Å². The normalized spacial score (nSPS) is 17.3. The Labute approximate surface area is 124 Å². The summed E-state index contributed by atoms with van der Waals surface area (Å²) in [5.41, 5.74) is 3.15. The van der Waals surface area contributed by atoms with Gasteiger partial charge in [0.15, 0.2) is 0 Å². The molecule has 1 nitrogen and oxygen atoms in total. The zero-order valence-corrected chi connectivity index (χ0v) is 12.4. The number of aryl methyl sites for hydroxylation is 1. The molecule has 0 aromatic heterocycles. The van der Waals surface area contributed by atoms with Gasteiger partial charge in [-0.2, -0.15) is 0 Å². The van der Waals surface area contributed by atoms with Crippen LogP contribution in [0.25, 0.3) is 0 Å². The Bertz CT molecular complexity index is 630. The predicted molar refractivity (Wildman–Crippen MR) is 80.2 cm³/mol. The lowest BCUT2D eigenvalue weighted by Gasteiger charge is -2.17. The second kappa shape index (κ2) is 5.14. The smallest absolute Gasteiger partial charge is 0.123 e. The van der Waals surface area contributed by atoms with Crippen molar-refractivity contribution in [3.8, 4) is 0 Å². The summed E-state index contributed by atoms with van der Waals surface area (Å²) in [5, 5.41) is 4.13. The Morgan fingerprint density at radius 1 is 1.21 bits per heavy atom. The van der Waals surface area contributed by atoms with Crippen molar-refractivity contribution in [2.24, 2.45) is 0 Å². The highest BCUT2D eigenvalue weighted by atomic mass is 79.9. The highest BCUT2D eigenvalue weighted by Crippen LogP contribution is 2.36. The van der Waals surface area contributed by atoms with Gasteiger partial charge in [0.05, 0.1) is 16.8 Å². The molecule has 1 unspecified atom stereocenters. The average Bonchev–Trinajstić information content (AvgIpc) is 2.76. The van der Waals surface area contributed by atoms with Gasteiger partial charge < -0.3 is 5.32 Å².